The smallest absolute Gasteiger partial charge is 0.338 e. The van der Waals surface area contributed by atoms with E-state index >= 15 is 0 Å². The van der Waals surface area contributed by atoms with Gasteiger partial charge in [-0.05, 0) is 60.4 Å². The fraction of sp³-hybridized carbons (Fsp3) is 0.400. The number of nitrogens with zero attached hydrogens (tertiary/aromatic N) is 1. The summed E-state index contributed by atoms with van der Waals surface area (Å²) >= 11 is 0. The molecule has 1 fully saturated rings. The summed E-state index contributed by atoms with van der Waals surface area (Å²) in [7, 11) is 1.70. The molecule has 4 aliphatic rings. The van der Waals surface area contributed by atoms with Crippen molar-refractivity contribution in [2.75, 3.05) is 20.4 Å². The predicted molar refractivity (Wildman–Crippen MR) is 113 cm³/mol. The SMILES string of the molecule is CO[C@H]1C[C@H]2C(=C[C@@H]1OC(=O)c1cccc(C)c1)[C@H]1CN2Cc2cc3c(cc21)OCO3. The quantitative estimate of drug-likeness (QED) is 0.560. The Morgan fingerprint density at radius 1 is 1.16 bits per heavy atom. The molecule has 0 aromatic heterocycles. The molecule has 1 unspecified atom stereocenters. The van der Waals surface area contributed by atoms with E-state index in [1.165, 1.54) is 16.7 Å². The van der Waals surface area contributed by atoms with Crippen LogP contribution in [0.1, 0.15) is 39.4 Å². The Kier molecular flexibility index (Phi) is 4.33. The predicted octanol–water partition coefficient (Wildman–Crippen LogP) is 3.58. The van der Waals surface area contributed by atoms with Crippen LogP contribution in [0.2, 0.25) is 0 Å². The normalized spacial score (nSPS) is 29.7. The van der Waals surface area contributed by atoms with Crippen molar-refractivity contribution >= 4 is 5.97 Å². The van der Waals surface area contributed by atoms with E-state index in [0.29, 0.717) is 11.6 Å². The summed E-state index contributed by atoms with van der Waals surface area (Å²) in [5.74, 6) is 1.62. The second-order valence-corrected chi connectivity index (χ2v) is 8.82. The lowest BCUT2D eigenvalue weighted by Crippen LogP contribution is -2.42. The van der Waals surface area contributed by atoms with E-state index in [0.717, 1.165) is 36.6 Å². The average Bonchev–Trinajstić information content (AvgIpc) is 3.34. The molecule has 2 bridgehead atoms. The number of hydrogen-bond donors (Lipinski definition) is 0. The molecule has 3 aliphatic heterocycles. The van der Waals surface area contributed by atoms with E-state index in [4.69, 9.17) is 18.9 Å². The number of rotatable bonds is 3. The number of methoxy groups -OCH3 is 1. The fourth-order valence-electron chi connectivity index (χ4n) is 5.51. The molecular formula is C25H25NO5. The highest BCUT2D eigenvalue weighted by Crippen LogP contribution is 2.50. The third-order valence-electron chi connectivity index (χ3n) is 7.01. The van der Waals surface area contributed by atoms with Gasteiger partial charge in [0.15, 0.2) is 11.5 Å². The van der Waals surface area contributed by atoms with Gasteiger partial charge in [-0.1, -0.05) is 17.7 Å². The van der Waals surface area contributed by atoms with Crippen molar-refractivity contribution in [2.45, 2.75) is 44.1 Å². The van der Waals surface area contributed by atoms with Crippen LogP contribution in [0, 0.1) is 6.92 Å². The molecule has 6 nitrogen and oxygen atoms in total. The summed E-state index contributed by atoms with van der Waals surface area (Å²) in [5.41, 5.74) is 5.52. The van der Waals surface area contributed by atoms with Crippen LogP contribution in [0.25, 0.3) is 0 Å². The zero-order valence-electron chi connectivity index (χ0n) is 17.7. The van der Waals surface area contributed by atoms with Gasteiger partial charge in [0.2, 0.25) is 6.79 Å². The van der Waals surface area contributed by atoms with Gasteiger partial charge in [-0.25, -0.2) is 4.79 Å². The third-order valence-corrected chi connectivity index (χ3v) is 7.01. The lowest BCUT2D eigenvalue weighted by Gasteiger charge is -2.34. The Morgan fingerprint density at radius 2 is 2.00 bits per heavy atom. The van der Waals surface area contributed by atoms with Gasteiger partial charge in [-0.2, -0.15) is 0 Å². The van der Waals surface area contributed by atoms with E-state index < -0.39 is 6.10 Å². The Bertz CT molecular complexity index is 1090. The van der Waals surface area contributed by atoms with Crippen molar-refractivity contribution in [3.05, 3.63) is 70.3 Å². The molecule has 0 saturated carbocycles. The van der Waals surface area contributed by atoms with Gasteiger partial charge in [-0.15, -0.1) is 0 Å². The van der Waals surface area contributed by atoms with Gasteiger partial charge < -0.3 is 18.9 Å². The highest BCUT2D eigenvalue weighted by atomic mass is 16.7. The maximum atomic E-state index is 12.8. The maximum Gasteiger partial charge on any atom is 0.338 e. The maximum absolute atomic E-state index is 12.8. The van der Waals surface area contributed by atoms with Crippen molar-refractivity contribution < 1.29 is 23.7 Å². The molecule has 1 saturated heterocycles. The minimum atomic E-state index is -0.401. The lowest BCUT2D eigenvalue weighted by molar-refractivity contribution is -0.0317. The van der Waals surface area contributed by atoms with Gasteiger partial charge >= 0.3 is 5.97 Å². The van der Waals surface area contributed by atoms with E-state index in [1.54, 1.807) is 13.2 Å². The van der Waals surface area contributed by atoms with Crippen LogP contribution in [0.3, 0.4) is 0 Å². The second kappa shape index (κ2) is 7.11. The molecule has 6 rings (SSSR count). The molecule has 2 aromatic carbocycles. The highest BCUT2D eigenvalue weighted by Gasteiger charge is 2.47. The molecule has 31 heavy (non-hydrogen) atoms. The third kappa shape index (κ3) is 3.05. The van der Waals surface area contributed by atoms with Gasteiger partial charge in [0.05, 0.1) is 11.7 Å². The first-order valence-corrected chi connectivity index (χ1v) is 10.8. The van der Waals surface area contributed by atoms with Crippen LogP contribution in [-0.2, 0) is 16.0 Å². The first-order chi connectivity index (χ1) is 15.1. The molecule has 160 valence electrons. The number of ether oxygens (including phenoxy) is 4. The first kappa shape index (κ1) is 18.9. The monoisotopic (exact) mass is 419 g/mol. The zero-order valence-corrected chi connectivity index (χ0v) is 17.7. The Hall–Kier alpha value is -2.83. The molecule has 0 amide bonds. The number of benzene rings is 2. The molecule has 6 heteroatoms. The summed E-state index contributed by atoms with van der Waals surface area (Å²) in [6.07, 6.45) is 2.38. The Morgan fingerprint density at radius 3 is 2.81 bits per heavy atom. The second-order valence-electron chi connectivity index (χ2n) is 8.82. The number of aryl methyl sites for hydroxylation is 1. The van der Waals surface area contributed by atoms with Crippen LogP contribution in [0.4, 0.5) is 0 Å². The average molecular weight is 419 g/mol. The van der Waals surface area contributed by atoms with Crippen LogP contribution in [0.5, 0.6) is 11.5 Å². The van der Waals surface area contributed by atoms with Crippen molar-refractivity contribution in [3.8, 4) is 11.5 Å². The Labute approximate surface area is 181 Å². The molecular weight excluding hydrogens is 394 g/mol. The van der Waals surface area contributed by atoms with Crippen molar-refractivity contribution in [3.63, 3.8) is 0 Å². The summed E-state index contributed by atoms with van der Waals surface area (Å²) in [4.78, 5) is 15.3. The van der Waals surface area contributed by atoms with Crippen LogP contribution < -0.4 is 9.47 Å². The molecule has 0 spiro atoms. The number of hydrogen-bond acceptors (Lipinski definition) is 6. The number of fused-ring (bicyclic) bond motifs is 8. The summed E-state index contributed by atoms with van der Waals surface area (Å²) in [6, 6.07) is 12.1. The number of carbonyl (C=O) groups is 1. The highest BCUT2D eigenvalue weighted by molar-refractivity contribution is 5.89. The zero-order chi connectivity index (χ0) is 21.1. The van der Waals surface area contributed by atoms with Gasteiger partial charge in [-0.3, -0.25) is 4.90 Å². The molecule has 3 heterocycles. The van der Waals surface area contributed by atoms with Crippen molar-refractivity contribution in [1.82, 2.24) is 4.90 Å². The molecule has 0 N–H and O–H groups in total. The minimum absolute atomic E-state index is 0.165. The van der Waals surface area contributed by atoms with E-state index in [9.17, 15) is 4.79 Å². The summed E-state index contributed by atoms with van der Waals surface area (Å²) in [6.45, 7) is 4.11. The number of carbonyl (C=O) groups excluding carboxylic acids is 1. The largest absolute Gasteiger partial charge is 0.454 e. The van der Waals surface area contributed by atoms with E-state index in [-0.39, 0.29) is 24.8 Å². The van der Waals surface area contributed by atoms with Crippen LogP contribution >= 0.6 is 0 Å². The molecule has 5 atom stereocenters. The van der Waals surface area contributed by atoms with E-state index in [2.05, 4.69) is 23.1 Å². The molecule has 2 aromatic rings. The summed E-state index contributed by atoms with van der Waals surface area (Å²) in [5, 5.41) is 0. The standard InChI is InChI=1S/C25H25NO5/c1-14-4-3-5-15(6-14)25(27)31-24-9-18-19-12-26(20(18)10-21(24)28-2)11-16-7-22-23(8-17(16)19)30-13-29-22/h3-9,19-21,24H,10-13H2,1-2H3/t19-,20-,21-,24-/m0/s1. The van der Waals surface area contributed by atoms with Crippen LogP contribution in [0.15, 0.2) is 48.0 Å². The van der Waals surface area contributed by atoms with Crippen molar-refractivity contribution in [1.29, 1.82) is 0 Å². The van der Waals surface area contributed by atoms with E-state index in [1.807, 2.05) is 25.1 Å². The van der Waals surface area contributed by atoms with Gasteiger partial charge in [0.25, 0.3) is 0 Å². The van der Waals surface area contributed by atoms with Gasteiger partial charge in [0.1, 0.15) is 6.10 Å². The minimum Gasteiger partial charge on any atom is -0.454 e. The Balaban J connectivity index is 1.33. The van der Waals surface area contributed by atoms with Crippen molar-refractivity contribution in [2.24, 2.45) is 0 Å². The fourth-order valence-corrected chi connectivity index (χ4v) is 5.51. The van der Waals surface area contributed by atoms with Crippen LogP contribution in [-0.4, -0.2) is 49.6 Å². The lowest BCUT2D eigenvalue weighted by atomic mass is 9.82. The molecule has 1 aliphatic carbocycles. The number of esters is 1. The topological polar surface area (TPSA) is 57.2 Å². The summed E-state index contributed by atoms with van der Waals surface area (Å²) < 4.78 is 22.9. The van der Waals surface area contributed by atoms with Gasteiger partial charge in [0, 0.05) is 32.2 Å². The first-order valence-electron chi connectivity index (χ1n) is 10.8. The molecule has 0 radical (unpaired) electrons.